The first-order valence-corrected chi connectivity index (χ1v) is 12.1. The van der Waals surface area contributed by atoms with E-state index in [1.54, 1.807) is 6.92 Å². The smallest absolute Gasteiger partial charge is 0.342 e. The Labute approximate surface area is 188 Å². The maximum atomic E-state index is 13.3. The van der Waals surface area contributed by atoms with Crippen LogP contribution >= 0.6 is 12.2 Å². The summed E-state index contributed by atoms with van der Waals surface area (Å²) in [5, 5.41) is 3.88. The van der Waals surface area contributed by atoms with E-state index >= 15 is 0 Å². The highest BCUT2D eigenvalue weighted by Crippen LogP contribution is 2.30. The van der Waals surface area contributed by atoms with Crippen molar-refractivity contribution in [3.8, 4) is 0 Å². The summed E-state index contributed by atoms with van der Waals surface area (Å²) in [5.74, 6) is -0.315. The molecule has 12 heteroatoms. The van der Waals surface area contributed by atoms with E-state index in [1.807, 2.05) is 4.90 Å². The van der Waals surface area contributed by atoms with Gasteiger partial charge in [-0.15, -0.1) is 0 Å². The second-order valence-electron chi connectivity index (χ2n) is 7.49. The van der Waals surface area contributed by atoms with Crippen LogP contribution in [0.1, 0.15) is 21.9 Å². The molecule has 0 spiro atoms. The average Bonchev–Trinajstić information content (AvgIpc) is 3.08. The number of ether oxygens (including phenoxy) is 2. The summed E-state index contributed by atoms with van der Waals surface area (Å²) in [7, 11) is -2.69. The highest BCUT2D eigenvalue weighted by atomic mass is 32.2. The third kappa shape index (κ3) is 5.37. The van der Waals surface area contributed by atoms with Gasteiger partial charge in [-0.3, -0.25) is 4.90 Å². The number of carbonyl (C=O) groups is 1. The second kappa shape index (κ2) is 10.3. The van der Waals surface area contributed by atoms with Crippen LogP contribution in [0.3, 0.4) is 0 Å². The van der Waals surface area contributed by atoms with E-state index < -0.39 is 16.0 Å². The molecule has 0 bridgehead atoms. The van der Waals surface area contributed by atoms with E-state index in [1.165, 1.54) is 18.3 Å². The fraction of sp³-hybridized carbons (Fsp3) is 0.684. The Hall–Kier alpha value is -1.73. The Morgan fingerprint density at radius 2 is 1.74 bits per heavy atom. The third-order valence-corrected chi connectivity index (χ3v) is 7.98. The number of rotatable bonds is 6. The maximum absolute atomic E-state index is 13.3. The van der Waals surface area contributed by atoms with Gasteiger partial charge in [-0.1, -0.05) is 0 Å². The third-order valence-electron chi connectivity index (χ3n) is 5.53. The minimum absolute atomic E-state index is 0.0391. The Kier molecular flexibility index (Phi) is 7.92. The first kappa shape index (κ1) is 23.9. The molecule has 2 saturated heterocycles. The van der Waals surface area contributed by atoms with Crippen molar-refractivity contribution >= 4 is 33.3 Å². The van der Waals surface area contributed by atoms with Gasteiger partial charge in [0.1, 0.15) is 22.0 Å². The number of esters is 1. The van der Waals surface area contributed by atoms with Crippen LogP contribution in [0, 0.1) is 13.8 Å². The molecule has 1 aromatic rings. The zero-order chi connectivity index (χ0) is 22.6. The first-order chi connectivity index (χ1) is 14.8. The normalized spacial score (nSPS) is 18.7. The predicted molar refractivity (Wildman–Crippen MR) is 118 cm³/mol. The number of sulfonamides is 1. The van der Waals surface area contributed by atoms with E-state index in [0.717, 1.165) is 39.4 Å². The molecule has 10 nitrogen and oxygen atoms in total. The lowest BCUT2D eigenvalue weighted by atomic mass is 10.2. The maximum Gasteiger partial charge on any atom is 0.342 e. The molecule has 2 fully saturated rings. The van der Waals surface area contributed by atoms with Crippen molar-refractivity contribution in [2.75, 3.05) is 72.7 Å². The van der Waals surface area contributed by atoms with Crippen LogP contribution < -0.4 is 5.32 Å². The number of piperazine rings is 1. The molecule has 0 aromatic carbocycles. The van der Waals surface area contributed by atoms with Gasteiger partial charge in [0, 0.05) is 52.4 Å². The number of carbonyl (C=O) groups excluding carboxylic acids is 1. The molecular formula is C19H30N4O6S2. The molecule has 1 N–H and O–H groups in total. The fourth-order valence-corrected chi connectivity index (χ4v) is 5.91. The van der Waals surface area contributed by atoms with E-state index in [0.29, 0.717) is 18.2 Å². The Bertz CT molecular complexity index is 903. The summed E-state index contributed by atoms with van der Waals surface area (Å²) in [5.41, 5.74) is -0.0391. The lowest BCUT2D eigenvalue weighted by Crippen LogP contribution is -2.53. The van der Waals surface area contributed by atoms with Crippen molar-refractivity contribution in [2.45, 2.75) is 18.7 Å². The van der Waals surface area contributed by atoms with Crippen molar-refractivity contribution in [1.82, 2.24) is 19.4 Å². The van der Waals surface area contributed by atoms with Gasteiger partial charge in [-0.2, -0.15) is 4.31 Å². The number of hydrogen-bond acceptors (Lipinski definition) is 8. The lowest BCUT2D eigenvalue weighted by molar-refractivity contribution is 0.0388. The zero-order valence-electron chi connectivity index (χ0n) is 18.2. The van der Waals surface area contributed by atoms with Crippen LogP contribution in [-0.2, 0) is 19.5 Å². The minimum atomic E-state index is -3.91. The standard InChI is InChI=1S/C19H30N4O6S2/c1-14-16(18(24)27-3)17(15(2)29-14)31(25,26)23-8-6-22(7-9-23)19(30)20-4-5-21-10-12-28-13-11-21/h4-13H2,1-3H3,(H,20,30). The largest absolute Gasteiger partial charge is 0.465 e. The molecule has 174 valence electrons. The molecular weight excluding hydrogens is 444 g/mol. The van der Waals surface area contributed by atoms with E-state index in [2.05, 4.69) is 10.2 Å². The molecule has 2 aliphatic heterocycles. The number of aryl methyl sites for hydroxylation is 2. The molecule has 0 amide bonds. The van der Waals surface area contributed by atoms with Crippen molar-refractivity contribution in [3.05, 3.63) is 17.1 Å². The first-order valence-electron chi connectivity index (χ1n) is 10.3. The Morgan fingerprint density at radius 1 is 1.10 bits per heavy atom. The Balaban J connectivity index is 1.57. The Morgan fingerprint density at radius 3 is 2.35 bits per heavy atom. The summed E-state index contributed by atoms with van der Waals surface area (Å²) < 4.78 is 43.4. The van der Waals surface area contributed by atoms with Crippen LogP contribution in [-0.4, -0.2) is 106 Å². The van der Waals surface area contributed by atoms with Gasteiger partial charge >= 0.3 is 5.97 Å². The van der Waals surface area contributed by atoms with Gasteiger partial charge in [0.25, 0.3) is 0 Å². The van der Waals surface area contributed by atoms with Gasteiger partial charge in [0.2, 0.25) is 10.0 Å². The number of morpholine rings is 1. The highest BCUT2D eigenvalue weighted by Gasteiger charge is 2.37. The number of nitrogens with zero attached hydrogens (tertiary/aromatic N) is 3. The van der Waals surface area contributed by atoms with Crippen LogP contribution in [0.25, 0.3) is 0 Å². The van der Waals surface area contributed by atoms with Gasteiger partial charge in [0.05, 0.1) is 20.3 Å². The van der Waals surface area contributed by atoms with Gasteiger partial charge in [0.15, 0.2) is 5.11 Å². The quantitative estimate of drug-likeness (QED) is 0.454. The number of furan rings is 1. The van der Waals surface area contributed by atoms with E-state index in [4.69, 9.17) is 26.1 Å². The minimum Gasteiger partial charge on any atom is -0.465 e. The predicted octanol–water partition coefficient (Wildman–Crippen LogP) is 0.196. The second-order valence-corrected chi connectivity index (χ2v) is 9.75. The molecule has 2 aliphatic rings. The molecule has 1 aromatic heterocycles. The van der Waals surface area contributed by atoms with Crippen LogP contribution in [0.2, 0.25) is 0 Å². The molecule has 31 heavy (non-hydrogen) atoms. The molecule has 0 saturated carbocycles. The van der Waals surface area contributed by atoms with Crippen molar-refractivity contribution in [1.29, 1.82) is 0 Å². The average molecular weight is 475 g/mol. The van der Waals surface area contributed by atoms with E-state index in [-0.39, 0.29) is 35.1 Å². The highest BCUT2D eigenvalue weighted by molar-refractivity contribution is 7.89. The van der Waals surface area contributed by atoms with Crippen LogP contribution in [0.15, 0.2) is 9.31 Å². The zero-order valence-corrected chi connectivity index (χ0v) is 19.8. The van der Waals surface area contributed by atoms with Crippen LogP contribution in [0.5, 0.6) is 0 Å². The van der Waals surface area contributed by atoms with Gasteiger partial charge in [-0.05, 0) is 26.1 Å². The molecule has 0 atom stereocenters. The molecule has 3 rings (SSSR count). The van der Waals surface area contributed by atoms with Gasteiger partial charge in [-0.25, -0.2) is 13.2 Å². The van der Waals surface area contributed by atoms with E-state index in [9.17, 15) is 13.2 Å². The summed E-state index contributed by atoms with van der Waals surface area (Å²) in [6, 6.07) is 0. The van der Waals surface area contributed by atoms with Crippen molar-refractivity contribution in [3.63, 3.8) is 0 Å². The number of nitrogens with one attached hydrogen (secondary N) is 1. The lowest BCUT2D eigenvalue weighted by Gasteiger charge is -2.35. The molecule has 0 aliphatic carbocycles. The summed E-state index contributed by atoms with van der Waals surface area (Å²) in [6.45, 7) is 9.52. The summed E-state index contributed by atoms with van der Waals surface area (Å²) in [6.07, 6.45) is 0. The SMILES string of the molecule is COC(=O)c1c(C)oc(C)c1S(=O)(=O)N1CCN(C(=S)NCCN2CCOCC2)CC1. The summed E-state index contributed by atoms with van der Waals surface area (Å²) in [4.78, 5) is 16.3. The number of hydrogen-bond donors (Lipinski definition) is 1. The van der Waals surface area contributed by atoms with Crippen molar-refractivity contribution in [2.24, 2.45) is 0 Å². The topological polar surface area (TPSA) is 105 Å². The monoisotopic (exact) mass is 474 g/mol. The van der Waals surface area contributed by atoms with Crippen molar-refractivity contribution < 1.29 is 27.1 Å². The molecule has 3 heterocycles. The molecule has 0 radical (unpaired) electrons. The fourth-order valence-electron chi connectivity index (χ4n) is 3.83. The summed E-state index contributed by atoms with van der Waals surface area (Å²) >= 11 is 5.49. The van der Waals surface area contributed by atoms with Gasteiger partial charge < -0.3 is 24.1 Å². The molecule has 0 unspecified atom stereocenters. The van der Waals surface area contributed by atoms with Crippen LogP contribution in [0.4, 0.5) is 0 Å². The number of thiocarbonyl (C=S) groups is 1. The number of methoxy groups -OCH3 is 1.